The van der Waals surface area contributed by atoms with Gasteiger partial charge in [0.05, 0.1) is 11.0 Å². The Labute approximate surface area is 110 Å². The van der Waals surface area contributed by atoms with Crippen LogP contribution < -0.4 is 5.32 Å². The lowest BCUT2D eigenvalue weighted by Crippen LogP contribution is -2.33. The van der Waals surface area contributed by atoms with Crippen LogP contribution in [0.1, 0.15) is 42.1 Å². The number of rotatable bonds is 3. The molecule has 0 aliphatic carbocycles. The molecule has 5 nitrogen and oxygen atoms in total. The molecule has 0 radical (unpaired) electrons. The van der Waals surface area contributed by atoms with E-state index in [0.717, 1.165) is 5.56 Å². The molecule has 1 saturated heterocycles. The zero-order valence-corrected chi connectivity index (χ0v) is 10.8. The first-order valence-electron chi connectivity index (χ1n) is 6.02. The van der Waals surface area contributed by atoms with E-state index in [-0.39, 0.29) is 29.7 Å². The lowest BCUT2D eigenvalue weighted by molar-refractivity contribution is -0.128. The van der Waals surface area contributed by atoms with Crippen LogP contribution in [0.4, 0.5) is 0 Å². The summed E-state index contributed by atoms with van der Waals surface area (Å²) in [5.74, 6) is -1.69. The van der Waals surface area contributed by atoms with Gasteiger partial charge in [0.25, 0.3) is 0 Å². The van der Waals surface area contributed by atoms with Gasteiger partial charge in [0.15, 0.2) is 0 Å². The van der Waals surface area contributed by atoms with Crippen molar-refractivity contribution in [3.63, 3.8) is 0 Å². The molecule has 0 aromatic heterocycles. The van der Waals surface area contributed by atoms with E-state index in [0.29, 0.717) is 0 Å². The minimum Gasteiger partial charge on any atom is -0.478 e. The van der Waals surface area contributed by atoms with Gasteiger partial charge < -0.3 is 5.11 Å². The van der Waals surface area contributed by atoms with Gasteiger partial charge in [-0.25, -0.2) is 4.79 Å². The molecule has 0 spiro atoms. The molecule has 1 aliphatic rings. The Bertz CT molecular complexity index is 549. The minimum absolute atomic E-state index is 0.160. The van der Waals surface area contributed by atoms with Crippen molar-refractivity contribution >= 4 is 17.8 Å². The van der Waals surface area contributed by atoms with E-state index in [1.165, 1.54) is 12.1 Å². The number of amides is 2. The third-order valence-electron chi connectivity index (χ3n) is 3.91. The number of benzene rings is 1. The highest BCUT2D eigenvalue weighted by Gasteiger charge is 2.46. The van der Waals surface area contributed by atoms with Gasteiger partial charge in [0, 0.05) is 6.42 Å². The maximum atomic E-state index is 11.9. The van der Waals surface area contributed by atoms with E-state index in [2.05, 4.69) is 5.32 Å². The number of carbonyl (C=O) groups is 3. The molecule has 1 aliphatic heterocycles. The Morgan fingerprint density at radius 3 is 2.32 bits per heavy atom. The molecular formula is C14H15NO4. The van der Waals surface area contributed by atoms with Crippen molar-refractivity contribution in [3.05, 3.63) is 35.4 Å². The fourth-order valence-electron chi connectivity index (χ4n) is 2.36. The number of carboxylic acids is 1. The Balaban J connectivity index is 2.29. The molecule has 1 aromatic carbocycles. The van der Waals surface area contributed by atoms with Crippen molar-refractivity contribution < 1.29 is 19.5 Å². The van der Waals surface area contributed by atoms with Gasteiger partial charge >= 0.3 is 5.97 Å². The summed E-state index contributed by atoms with van der Waals surface area (Å²) in [5, 5.41) is 11.2. The molecule has 2 rings (SSSR count). The first-order chi connectivity index (χ1) is 8.84. The third-order valence-corrected chi connectivity index (χ3v) is 3.91. The summed E-state index contributed by atoms with van der Waals surface area (Å²) in [5.41, 5.74) is 0.271. The van der Waals surface area contributed by atoms with Crippen molar-refractivity contribution in [1.82, 2.24) is 5.32 Å². The van der Waals surface area contributed by atoms with Gasteiger partial charge in [0.2, 0.25) is 11.8 Å². The standard InChI is InChI=1S/C14H15NO4/c1-8(14(2)7-11(16)15-13(14)19)9-3-5-10(6-4-9)12(17)18/h3-6,8H,7H2,1-2H3,(H,17,18)(H,15,16,19)/t8-,14+/m1/s1. The number of nitrogens with one attached hydrogen (secondary N) is 1. The van der Waals surface area contributed by atoms with Crippen LogP contribution in [0.25, 0.3) is 0 Å². The molecule has 100 valence electrons. The molecule has 0 saturated carbocycles. The topological polar surface area (TPSA) is 83.5 Å². The molecule has 2 amide bonds. The summed E-state index contributed by atoms with van der Waals surface area (Å²) in [4.78, 5) is 34.0. The largest absolute Gasteiger partial charge is 0.478 e. The van der Waals surface area contributed by atoms with E-state index in [4.69, 9.17) is 5.11 Å². The molecule has 5 heteroatoms. The molecule has 2 atom stereocenters. The van der Waals surface area contributed by atoms with Crippen LogP contribution in [0.5, 0.6) is 0 Å². The van der Waals surface area contributed by atoms with E-state index in [1.54, 1.807) is 19.1 Å². The molecule has 2 N–H and O–H groups in total. The van der Waals surface area contributed by atoms with Crippen molar-refractivity contribution in [2.24, 2.45) is 5.41 Å². The molecule has 1 aromatic rings. The zero-order valence-electron chi connectivity index (χ0n) is 10.8. The zero-order chi connectivity index (χ0) is 14.2. The van der Waals surface area contributed by atoms with Gasteiger partial charge in [-0.2, -0.15) is 0 Å². The molecule has 1 heterocycles. The highest BCUT2D eigenvalue weighted by atomic mass is 16.4. The Morgan fingerprint density at radius 2 is 1.89 bits per heavy atom. The van der Waals surface area contributed by atoms with Crippen LogP contribution >= 0.6 is 0 Å². The molecule has 1 fully saturated rings. The van der Waals surface area contributed by atoms with Gasteiger partial charge in [0.1, 0.15) is 0 Å². The average molecular weight is 261 g/mol. The Morgan fingerprint density at radius 1 is 1.32 bits per heavy atom. The van der Waals surface area contributed by atoms with Gasteiger partial charge in [-0.05, 0) is 30.5 Å². The summed E-state index contributed by atoms with van der Waals surface area (Å²) in [7, 11) is 0. The predicted octanol–water partition coefficient (Wildman–Crippen LogP) is 1.54. The molecule has 0 bridgehead atoms. The number of hydrogen-bond acceptors (Lipinski definition) is 3. The predicted molar refractivity (Wildman–Crippen MR) is 67.7 cm³/mol. The van der Waals surface area contributed by atoms with Gasteiger partial charge in [-0.15, -0.1) is 0 Å². The van der Waals surface area contributed by atoms with Crippen molar-refractivity contribution in [2.45, 2.75) is 26.2 Å². The lowest BCUT2D eigenvalue weighted by atomic mass is 9.73. The van der Waals surface area contributed by atoms with E-state index < -0.39 is 11.4 Å². The summed E-state index contributed by atoms with van der Waals surface area (Å²) < 4.78 is 0. The monoisotopic (exact) mass is 261 g/mol. The highest BCUT2D eigenvalue weighted by Crippen LogP contribution is 2.41. The molecule has 19 heavy (non-hydrogen) atoms. The summed E-state index contributed by atoms with van der Waals surface area (Å²) in [6.07, 6.45) is 0.160. The number of carboxylic acid groups (broad SMARTS) is 1. The van der Waals surface area contributed by atoms with Crippen molar-refractivity contribution in [2.75, 3.05) is 0 Å². The van der Waals surface area contributed by atoms with Crippen LogP contribution in [0.3, 0.4) is 0 Å². The van der Waals surface area contributed by atoms with Gasteiger partial charge in [-0.3, -0.25) is 14.9 Å². The van der Waals surface area contributed by atoms with Crippen molar-refractivity contribution in [1.29, 1.82) is 0 Å². The second kappa shape index (κ2) is 4.50. The van der Waals surface area contributed by atoms with E-state index in [1.807, 2.05) is 6.92 Å². The minimum atomic E-state index is -0.987. The van der Waals surface area contributed by atoms with Crippen LogP contribution in [-0.4, -0.2) is 22.9 Å². The van der Waals surface area contributed by atoms with Crippen LogP contribution in [0, 0.1) is 5.41 Å². The number of imide groups is 1. The number of aromatic carboxylic acids is 1. The van der Waals surface area contributed by atoms with Crippen molar-refractivity contribution in [3.8, 4) is 0 Å². The van der Waals surface area contributed by atoms with E-state index >= 15 is 0 Å². The highest BCUT2D eigenvalue weighted by molar-refractivity contribution is 6.06. The summed E-state index contributed by atoms with van der Waals surface area (Å²) >= 11 is 0. The third kappa shape index (κ3) is 2.23. The van der Waals surface area contributed by atoms with Crippen LogP contribution in [-0.2, 0) is 9.59 Å². The average Bonchev–Trinajstić information content (AvgIpc) is 2.63. The smallest absolute Gasteiger partial charge is 0.335 e. The maximum absolute atomic E-state index is 11.9. The lowest BCUT2D eigenvalue weighted by Gasteiger charge is -2.28. The summed E-state index contributed by atoms with van der Waals surface area (Å²) in [6, 6.07) is 6.39. The molecular weight excluding hydrogens is 246 g/mol. The number of carbonyl (C=O) groups excluding carboxylic acids is 2. The van der Waals surface area contributed by atoms with Crippen LogP contribution in [0.15, 0.2) is 24.3 Å². The normalized spacial score (nSPS) is 24.1. The summed E-state index contributed by atoms with van der Waals surface area (Å²) in [6.45, 7) is 3.62. The molecule has 0 unspecified atom stereocenters. The quantitative estimate of drug-likeness (QED) is 0.808. The second-order valence-corrected chi connectivity index (χ2v) is 5.12. The fraction of sp³-hybridized carbons (Fsp3) is 0.357. The Kier molecular flexibility index (Phi) is 3.14. The van der Waals surface area contributed by atoms with Crippen LogP contribution in [0.2, 0.25) is 0 Å². The second-order valence-electron chi connectivity index (χ2n) is 5.12. The van der Waals surface area contributed by atoms with E-state index in [9.17, 15) is 14.4 Å². The first kappa shape index (κ1) is 13.3. The Hall–Kier alpha value is -2.17. The van der Waals surface area contributed by atoms with Gasteiger partial charge in [-0.1, -0.05) is 19.1 Å². The SMILES string of the molecule is C[C@H](c1ccc(C(=O)O)cc1)[C@]1(C)CC(=O)NC1=O. The first-order valence-corrected chi connectivity index (χ1v) is 6.02. The number of hydrogen-bond donors (Lipinski definition) is 2. The fourth-order valence-corrected chi connectivity index (χ4v) is 2.36. The maximum Gasteiger partial charge on any atom is 0.335 e.